The third-order valence-electron chi connectivity index (χ3n) is 8.10. The fourth-order valence-corrected chi connectivity index (χ4v) is 9.81. The van der Waals surface area contributed by atoms with Crippen molar-refractivity contribution in [3.8, 4) is 22.6 Å². The summed E-state index contributed by atoms with van der Waals surface area (Å²) in [5.41, 5.74) is 6.46. The third-order valence-corrected chi connectivity index (χ3v) is 12.3. The van der Waals surface area contributed by atoms with Gasteiger partial charge in [0, 0.05) is 21.2 Å². The van der Waals surface area contributed by atoms with E-state index in [9.17, 15) is 0 Å². The van der Waals surface area contributed by atoms with Crippen LogP contribution in [0.15, 0.2) is 146 Å². The van der Waals surface area contributed by atoms with Gasteiger partial charge in [-0.2, -0.15) is 0 Å². The van der Waals surface area contributed by atoms with Crippen LogP contribution < -0.4 is 40.9 Å². The molecule has 0 aromatic heterocycles. The maximum Gasteiger partial charge on any atom is 0.129 e. The highest BCUT2D eigenvalue weighted by molar-refractivity contribution is 7.74. The average molecular weight is 639 g/mol. The average Bonchev–Trinajstić information content (AvgIpc) is 3.10. The van der Waals surface area contributed by atoms with Crippen LogP contribution in [-0.4, -0.2) is 13.2 Å². The molecule has 1 aliphatic rings. The molecule has 0 spiro atoms. The first kappa shape index (κ1) is 30.1. The van der Waals surface area contributed by atoms with E-state index in [1.165, 1.54) is 21.2 Å². The monoisotopic (exact) mass is 638 g/mol. The van der Waals surface area contributed by atoms with Gasteiger partial charge in [-0.25, -0.2) is 0 Å². The summed E-state index contributed by atoms with van der Waals surface area (Å²) in [4.78, 5) is 0. The van der Waals surface area contributed by atoms with Crippen molar-refractivity contribution in [3.05, 3.63) is 157 Å². The number of ether oxygens (including phenoxy) is 2. The number of anilines is 2. The minimum absolute atomic E-state index is 0.471. The van der Waals surface area contributed by atoms with Gasteiger partial charge in [-0.15, -0.1) is 0 Å². The summed E-state index contributed by atoms with van der Waals surface area (Å²) < 4.78 is 12.9. The Kier molecular flexibility index (Phi) is 9.01. The normalized spacial score (nSPS) is 12.3. The maximum atomic E-state index is 6.46. The summed E-state index contributed by atoms with van der Waals surface area (Å²) in [5, 5.41) is 13.1. The second kappa shape index (κ2) is 13.8. The van der Waals surface area contributed by atoms with Crippen molar-refractivity contribution in [2.75, 3.05) is 23.4 Å². The highest BCUT2D eigenvalue weighted by atomic mass is 31.1. The van der Waals surface area contributed by atoms with Gasteiger partial charge in [-0.1, -0.05) is 133 Å². The van der Waals surface area contributed by atoms with Crippen molar-refractivity contribution in [1.82, 2.24) is 0 Å². The zero-order valence-corrected chi connectivity index (χ0v) is 27.8. The standard InChI is InChI=1S/C40H36N2O2P2/c1-29-23-25-35-37(39(29)41-45(31-15-7-3-8-16-31)32-17-9-4-10-18-32)38-36(44-28-27-43-35)26-24-30(2)40(38)42-46(33-19-11-5-12-20-33)34-21-13-6-14-22-34/h3-26,41-42H,27-28H2,1-2H3. The molecule has 6 heteroatoms. The van der Waals surface area contributed by atoms with E-state index < -0.39 is 16.1 Å². The fourth-order valence-electron chi connectivity index (χ4n) is 5.79. The summed E-state index contributed by atoms with van der Waals surface area (Å²) in [6, 6.07) is 51.5. The molecule has 0 unspecified atom stereocenters. The quantitative estimate of drug-likeness (QED) is 0.164. The molecule has 7 rings (SSSR count). The second-order valence-electron chi connectivity index (χ2n) is 11.2. The van der Waals surface area contributed by atoms with Gasteiger partial charge in [0.1, 0.15) is 24.7 Å². The number of benzene rings is 6. The summed E-state index contributed by atoms with van der Waals surface area (Å²) in [6.07, 6.45) is 0. The van der Waals surface area contributed by atoms with Gasteiger partial charge in [0.15, 0.2) is 0 Å². The number of hydrogen-bond acceptors (Lipinski definition) is 4. The van der Waals surface area contributed by atoms with E-state index in [1.54, 1.807) is 0 Å². The van der Waals surface area contributed by atoms with E-state index in [0.29, 0.717) is 13.2 Å². The first-order chi connectivity index (χ1) is 22.7. The number of hydrogen-bond donors (Lipinski definition) is 2. The molecular formula is C40H36N2O2P2. The van der Waals surface area contributed by atoms with Crippen LogP contribution in [0.4, 0.5) is 11.4 Å². The lowest BCUT2D eigenvalue weighted by Gasteiger charge is -2.30. The Labute approximate surface area is 274 Å². The first-order valence-corrected chi connectivity index (χ1v) is 18.2. The molecule has 0 saturated carbocycles. The predicted molar refractivity (Wildman–Crippen MR) is 198 cm³/mol. The van der Waals surface area contributed by atoms with Gasteiger partial charge in [-0.05, 0) is 37.1 Å². The Morgan fingerprint density at radius 2 is 0.717 bits per heavy atom. The highest BCUT2D eigenvalue weighted by Gasteiger charge is 2.28. The molecule has 4 nitrogen and oxygen atoms in total. The van der Waals surface area contributed by atoms with Crippen LogP contribution in [-0.2, 0) is 0 Å². The Hall–Kier alpha value is -4.62. The molecule has 0 bridgehead atoms. The minimum atomic E-state index is -0.932. The lowest BCUT2D eigenvalue weighted by Crippen LogP contribution is -2.20. The molecule has 0 atom stereocenters. The molecule has 0 radical (unpaired) electrons. The van der Waals surface area contributed by atoms with Gasteiger partial charge >= 0.3 is 0 Å². The van der Waals surface area contributed by atoms with E-state index in [-0.39, 0.29) is 0 Å². The van der Waals surface area contributed by atoms with Crippen LogP contribution in [0.3, 0.4) is 0 Å². The Bertz CT molecular complexity index is 1700. The van der Waals surface area contributed by atoms with Crippen molar-refractivity contribution in [1.29, 1.82) is 0 Å². The maximum absolute atomic E-state index is 6.46. The zero-order valence-electron chi connectivity index (χ0n) is 26.0. The summed E-state index contributed by atoms with van der Waals surface area (Å²) >= 11 is 0. The molecule has 1 heterocycles. The van der Waals surface area contributed by atoms with Gasteiger partial charge in [0.25, 0.3) is 0 Å². The molecule has 2 N–H and O–H groups in total. The summed E-state index contributed by atoms with van der Waals surface area (Å²) in [6.45, 7) is 5.29. The van der Waals surface area contributed by atoms with Crippen LogP contribution in [0, 0.1) is 13.8 Å². The van der Waals surface area contributed by atoms with Crippen LogP contribution in [0.2, 0.25) is 0 Å². The van der Waals surface area contributed by atoms with Crippen molar-refractivity contribution in [2.24, 2.45) is 0 Å². The predicted octanol–water partition coefficient (Wildman–Crippen LogP) is 8.66. The lowest BCUT2D eigenvalue weighted by atomic mass is 9.95. The van der Waals surface area contributed by atoms with Crippen LogP contribution in [0.1, 0.15) is 11.1 Å². The molecule has 0 fully saturated rings. The second-order valence-corrected chi connectivity index (χ2v) is 15.0. The van der Waals surface area contributed by atoms with Crippen molar-refractivity contribution >= 4 is 48.7 Å². The molecule has 0 aliphatic carbocycles. The van der Waals surface area contributed by atoms with E-state index in [1.807, 2.05) is 0 Å². The van der Waals surface area contributed by atoms with Crippen LogP contribution in [0.25, 0.3) is 11.1 Å². The molecule has 6 aromatic carbocycles. The smallest absolute Gasteiger partial charge is 0.129 e. The van der Waals surface area contributed by atoms with E-state index in [2.05, 4.69) is 170 Å². The van der Waals surface area contributed by atoms with Crippen molar-refractivity contribution in [3.63, 3.8) is 0 Å². The van der Waals surface area contributed by atoms with Gasteiger partial charge in [0.2, 0.25) is 0 Å². The summed E-state index contributed by atoms with van der Waals surface area (Å²) in [7, 11) is -1.86. The number of aryl methyl sites for hydroxylation is 2. The zero-order chi connectivity index (χ0) is 31.3. The van der Waals surface area contributed by atoms with Crippen LogP contribution in [0.5, 0.6) is 11.5 Å². The molecular weight excluding hydrogens is 602 g/mol. The number of fused-ring (bicyclic) bond motifs is 3. The molecule has 0 saturated heterocycles. The minimum Gasteiger partial charge on any atom is -0.489 e. The van der Waals surface area contributed by atoms with Crippen molar-refractivity contribution in [2.45, 2.75) is 13.8 Å². The van der Waals surface area contributed by atoms with E-state index in [4.69, 9.17) is 9.47 Å². The van der Waals surface area contributed by atoms with Crippen molar-refractivity contribution < 1.29 is 9.47 Å². The fraction of sp³-hybridized carbons (Fsp3) is 0.100. The SMILES string of the molecule is Cc1ccc2c(c1NP(c1ccccc1)c1ccccc1)-c1c(ccc(C)c1NP(c1ccccc1)c1ccccc1)OCCO2. The summed E-state index contributed by atoms with van der Waals surface area (Å²) in [5.74, 6) is 1.71. The lowest BCUT2D eigenvalue weighted by molar-refractivity contribution is 0.214. The molecule has 6 aromatic rings. The molecule has 1 aliphatic heterocycles. The Balaban J connectivity index is 1.43. The van der Waals surface area contributed by atoms with Crippen LogP contribution >= 0.6 is 16.1 Å². The van der Waals surface area contributed by atoms with E-state index >= 15 is 0 Å². The largest absolute Gasteiger partial charge is 0.489 e. The van der Waals surface area contributed by atoms with Gasteiger partial charge in [-0.3, -0.25) is 0 Å². The molecule has 46 heavy (non-hydrogen) atoms. The topological polar surface area (TPSA) is 42.5 Å². The molecule has 0 amide bonds. The number of nitrogens with one attached hydrogen (secondary N) is 2. The Morgan fingerprint density at radius 3 is 1.02 bits per heavy atom. The first-order valence-electron chi connectivity index (χ1n) is 15.5. The number of rotatable bonds is 8. The van der Waals surface area contributed by atoms with E-state index in [0.717, 1.165) is 45.1 Å². The van der Waals surface area contributed by atoms with Gasteiger partial charge < -0.3 is 19.6 Å². The van der Waals surface area contributed by atoms with Gasteiger partial charge in [0.05, 0.1) is 38.6 Å². The molecule has 228 valence electrons. The Morgan fingerprint density at radius 1 is 0.413 bits per heavy atom. The third kappa shape index (κ3) is 6.24. The highest BCUT2D eigenvalue weighted by Crippen LogP contribution is 2.53.